The maximum absolute atomic E-state index is 12.4. The van der Waals surface area contributed by atoms with Crippen molar-refractivity contribution in [3.8, 4) is 0 Å². The minimum atomic E-state index is -3.66. The second-order valence-corrected chi connectivity index (χ2v) is 7.48. The van der Waals surface area contributed by atoms with Crippen molar-refractivity contribution in [2.45, 2.75) is 24.8 Å². The third kappa shape index (κ3) is 3.42. The van der Waals surface area contributed by atoms with Crippen LogP contribution in [0.25, 0.3) is 0 Å². The molecule has 3 N–H and O–H groups in total. The van der Waals surface area contributed by atoms with Crippen molar-refractivity contribution in [1.29, 1.82) is 0 Å². The lowest BCUT2D eigenvalue weighted by atomic mass is 10.1. The van der Waals surface area contributed by atoms with Gasteiger partial charge in [0.15, 0.2) is 0 Å². The molecule has 0 saturated carbocycles. The molecule has 1 aliphatic heterocycles. The molecular weight excluding hydrogens is 290 g/mol. The third-order valence-electron chi connectivity index (χ3n) is 3.89. The highest BCUT2D eigenvalue weighted by Gasteiger charge is 2.31. The number of carbonyl (C=O) groups is 1. The van der Waals surface area contributed by atoms with Crippen molar-refractivity contribution >= 4 is 15.9 Å². The Balaban J connectivity index is 2.28. The number of sulfonamides is 1. The second kappa shape index (κ2) is 5.75. The fourth-order valence-electron chi connectivity index (χ4n) is 2.66. The summed E-state index contributed by atoms with van der Waals surface area (Å²) in [5, 5.41) is 0. The summed E-state index contributed by atoms with van der Waals surface area (Å²) in [4.78, 5) is 13.5. The number of rotatable bonds is 4. The van der Waals surface area contributed by atoms with Crippen LogP contribution < -0.4 is 10.5 Å². The number of hydrogen-bond acceptors (Lipinski definition) is 4. The van der Waals surface area contributed by atoms with Crippen molar-refractivity contribution in [2.75, 3.05) is 20.1 Å². The van der Waals surface area contributed by atoms with Crippen molar-refractivity contribution in [2.24, 2.45) is 11.7 Å². The highest BCUT2D eigenvalue weighted by molar-refractivity contribution is 7.89. The molecule has 1 amide bonds. The summed E-state index contributed by atoms with van der Waals surface area (Å²) in [7, 11) is -1.70. The molecule has 116 valence electrons. The van der Waals surface area contributed by atoms with Gasteiger partial charge in [0.05, 0.1) is 4.90 Å². The molecule has 1 saturated heterocycles. The zero-order valence-corrected chi connectivity index (χ0v) is 13.3. The van der Waals surface area contributed by atoms with Crippen molar-refractivity contribution in [3.05, 3.63) is 29.3 Å². The third-order valence-corrected chi connectivity index (χ3v) is 5.37. The Morgan fingerprint density at radius 3 is 2.57 bits per heavy atom. The van der Waals surface area contributed by atoms with Crippen molar-refractivity contribution < 1.29 is 13.2 Å². The van der Waals surface area contributed by atoms with E-state index in [2.05, 4.69) is 9.62 Å². The van der Waals surface area contributed by atoms with E-state index in [0.29, 0.717) is 12.1 Å². The van der Waals surface area contributed by atoms with Crippen LogP contribution in [-0.4, -0.2) is 45.4 Å². The molecule has 2 atom stereocenters. The van der Waals surface area contributed by atoms with E-state index in [1.165, 1.54) is 12.1 Å². The molecule has 1 aliphatic rings. The fraction of sp³-hybridized carbons (Fsp3) is 0.500. The maximum atomic E-state index is 12.4. The predicted molar refractivity (Wildman–Crippen MR) is 80.5 cm³/mol. The predicted octanol–water partition coefficient (Wildman–Crippen LogP) is 0.322. The molecule has 7 heteroatoms. The van der Waals surface area contributed by atoms with E-state index in [4.69, 9.17) is 5.73 Å². The number of carbonyl (C=O) groups excluding carboxylic acids is 1. The number of nitrogens with zero attached hydrogens (tertiary/aromatic N) is 1. The standard InChI is InChI=1S/C14H21N3O3S/c1-9-4-5-11(6-12(9)14(15)18)21(19,20)16-13-8-17(3)7-10(13)2/h4-6,10,13,16H,7-8H2,1-3H3,(H2,15,18)/t10-,13+/m0/s1. The van der Waals surface area contributed by atoms with Gasteiger partial charge < -0.3 is 10.6 Å². The van der Waals surface area contributed by atoms with Crippen molar-refractivity contribution in [3.63, 3.8) is 0 Å². The first-order valence-electron chi connectivity index (χ1n) is 6.82. The normalized spacial score (nSPS) is 23.4. The van der Waals surface area contributed by atoms with Gasteiger partial charge in [0.2, 0.25) is 15.9 Å². The molecule has 0 aliphatic carbocycles. The van der Waals surface area contributed by atoms with Gasteiger partial charge in [-0.15, -0.1) is 0 Å². The van der Waals surface area contributed by atoms with Gasteiger partial charge in [0, 0.05) is 24.7 Å². The van der Waals surface area contributed by atoms with E-state index in [-0.39, 0.29) is 22.4 Å². The molecule has 21 heavy (non-hydrogen) atoms. The van der Waals surface area contributed by atoms with E-state index in [1.54, 1.807) is 13.0 Å². The molecule has 1 aromatic rings. The van der Waals surface area contributed by atoms with Gasteiger partial charge in [-0.1, -0.05) is 13.0 Å². The average Bonchev–Trinajstić information content (AvgIpc) is 2.66. The molecule has 1 aromatic carbocycles. The largest absolute Gasteiger partial charge is 0.366 e. The number of nitrogens with two attached hydrogens (primary N) is 1. The van der Waals surface area contributed by atoms with Crippen LogP contribution in [-0.2, 0) is 10.0 Å². The lowest BCUT2D eigenvalue weighted by molar-refractivity contribution is 0.0999. The van der Waals surface area contributed by atoms with E-state index in [9.17, 15) is 13.2 Å². The molecule has 1 fully saturated rings. The second-order valence-electron chi connectivity index (χ2n) is 5.77. The van der Waals surface area contributed by atoms with E-state index in [1.807, 2.05) is 14.0 Å². The minimum Gasteiger partial charge on any atom is -0.366 e. The Morgan fingerprint density at radius 1 is 1.38 bits per heavy atom. The molecular formula is C14H21N3O3S. The Morgan fingerprint density at radius 2 is 2.05 bits per heavy atom. The van der Waals surface area contributed by atoms with Crippen LogP contribution in [0.4, 0.5) is 0 Å². The van der Waals surface area contributed by atoms with Crippen LogP contribution in [0.5, 0.6) is 0 Å². The average molecular weight is 311 g/mol. The minimum absolute atomic E-state index is 0.0728. The summed E-state index contributed by atoms with van der Waals surface area (Å²) in [6, 6.07) is 4.30. The number of likely N-dealkylation sites (N-methyl/N-ethyl adjacent to an activating group) is 1. The lowest BCUT2D eigenvalue weighted by Gasteiger charge is -2.17. The van der Waals surface area contributed by atoms with Crippen molar-refractivity contribution in [1.82, 2.24) is 9.62 Å². The molecule has 0 radical (unpaired) electrons. The van der Waals surface area contributed by atoms with Gasteiger partial charge >= 0.3 is 0 Å². The molecule has 0 aromatic heterocycles. The van der Waals surface area contributed by atoms with Crippen LogP contribution in [0.15, 0.2) is 23.1 Å². The molecule has 1 heterocycles. The summed E-state index contributed by atoms with van der Waals surface area (Å²) >= 11 is 0. The summed E-state index contributed by atoms with van der Waals surface area (Å²) in [5.41, 5.74) is 6.16. The highest BCUT2D eigenvalue weighted by Crippen LogP contribution is 2.19. The van der Waals surface area contributed by atoms with Gasteiger partial charge in [0.25, 0.3) is 0 Å². The Labute approximate surface area is 125 Å². The van der Waals surface area contributed by atoms with Crippen LogP contribution in [0, 0.1) is 12.8 Å². The van der Waals surface area contributed by atoms with Gasteiger partial charge in [-0.3, -0.25) is 4.79 Å². The van der Waals surface area contributed by atoms with Gasteiger partial charge in [0.1, 0.15) is 0 Å². The topological polar surface area (TPSA) is 92.5 Å². The molecule has 6 nitrogen and oxygen atoms in total. The fourth-order valence-corrected chi connectivity index (χ4v) is 4.03. The quantitative estimate of drug-likeness (QED) is 0.837. The van der Waals surface area contributed by atoms with Gasteiger partial charge in [-0.05, 0) is 37.6 Å². The Kier molecular flexibility index (Phi) is 4.36. The molecule has 0 unspecified atom stereocenters. The van der Waals surface area contributed by atoms with E-state index < -0.39 is 15.9 Å². The van der Waals surface area contributed by atoms with Crippen LogP contribution >= 0.6 is 0 Å². The summed E-state index contributed by atoms with van der Waals surface area (Å²) in [5.74, 6) is -0.385. The Bertz CT molecular complexity index is 657. The number of aryl methyl sites for hydroxylation is 1. The SMILES string of the molecule is Cc1ccc(S(=O)(=O)N[C@@H]2CN(C)C[C@@H]2C)cc1C(N)=O. The monoisotopic (exact) mass is 311 g/mol. The van der Waals surface area contributed by atoms with Gasteiger partial charge in [-0.2, -0.15) is 0 Å². The number of nitrogens with one attached hydrogen (secondary N) is 1. The van der Waals surface area contributed by atoms with Crippen LogP contribution in [0.2, 0.25) is 0 Å². The number of likely N-dealkylation sites (tertiary alicyclic amines) is 1. The maximum Gasteiger partial charge on any atom is 0.249 e. The Hall–Kier alpha value is -1.44. The first kappa shape index (κ1) is 15.9. The zero-order chi connectivity index (χ0) is 15.8. The first-order chi connectivity index (χ1) is 9.70. The molecule has 0 spiro atoms. The number of benzene rings is 1. The first-order valence-corrected chi connectivity index (χ1v) is 8.30. The number of primary amides is 1. The smallest absolute Gasteiger partial charge is 0.249 e. The van der Waals surface area contributed by atoms with Gasteiger partial charge in [-0.25, -0.2) is 13.1 Å². The zero-order valence-electron chi connectivity index (χ0n) is 12.5. The lowest BCUT2D eigenvalue weighted by Crippen LogP contribution is -2.39. The molecule has 2 rings (SSSR count). The summed E-state index contributed by atoms with van der Waals surface area (Å²) < 4.78 is 27.6. The number of hydrogen-bond donors (Lipinski definition) is 2. The van der Waals surface area contributed by atoms with E-state index >= 15 is 0 Å². The number of amides is 1. The van der Waals surface area contributed by atoms with Crippen LogP contribution in [0.3, 0.4) is 0 Å². The highest BCUT2D eigenvalue weighted by atomic mass is 32.2. The van der Waals surface area contributed by atoms with E-state index in [0.717, 1.165) is 6.54 Å². The summed E-state index contributed by atoms with van der Waals surface area (Å²) in [6.07, 6.45) is 0. The summed E-state index contributed by atoms with van der Waals surface area (Å²) in [6.45, 7) is 5.27. The van der Waals surface area contributed by atoms with Crippen LogP contribution in [0.1, 0.15) is 22.8 Å². The molecule has 0 bridgehead atoms.